The highest BCUT2D eigenvalue weighted by molar-refractivity contribution is 5.94. The Morgan fingerprint density at radius 1 is 1.24 bits per heavy atom. The largest absolute Gasteiger partial charge is 0.352 e. The first-order valence-electron chi connectivity index (χ1n) is 9.07. The summed E-state index contributed by atoms with van der Waals surface area (Å²) in [4.78, 5) is 28.6. The highest BCUT2D eigenvalue weighted by Crippen LogP contribution is 2.16. The van der Waals surface area contributed by atoms with Gasteiger partial charge in [-0.25, -0.2) is 4.39 Å². The van der Waals surface area contributed by atoms with Crippen LogP contribution in [0.4, 0.5) is 4.39 Å². The Morgan fingerprint density at radius 3 is 2.56 bits per heavy atom. The second kappa shape index (κ2) is 9.51. The molecule has 0 bridgehead atoms. The first kappa shape index (κ1) is 19.4. The van der Waals surface area contributed by atoms with Gasteiger partial charge in [-0.3, -0.25) is 14.5 Å². The number of nitrogens with zero attached hydrogens (tertiary/aromatic N) is 2. The number of amides is 2. The lowest BCUT2D eigenvalue weighted by Crippen LogP contribution is -2.47. The number of hydrogen-bond acceptors (Lipinski definition) is 3. The summed E-state index contributed by atoms with van der Waals surface area (Å²) < 4.78 is 12.9. The zero-order valence-corrected chi connectivity index (χ0v) is 15.1. The van der Waals surface area contributed by atoms with Crippen molar-refractivity contribution in [1.82, 2.24) is 15.1 Å². The molecule has 2 rings (SSSR count). The molecular weight excluding hydrogens is 321 g/mol. The number of carbonyl (C=O) groups excluding carboxylic acids is 2. The molecule has 1 aromatic carbocycles. The van der Waals surface area contributed by atoms with Crippen molar-refractivity contribution in [2.45, 2.75) is 26.7 Å². The van der Waals surface area contributed by atoms with Crippen molar-refractivity contribution in [3.63, 3.8) is 0 Å². The zero-order valence-electron chi connectivity index (χ0n) is 15.1. The summed E-state index contributed by atoms with van der Waals surface area (Å²) in [7, 11) is 0. The third-order valence-corrected chi connectivity index (χ3v) is 4.78. The van der Waals surface area contributed by atoms with E-state index in [0.717, 1.165) is 32.5 Å². The van der Waals surface area contributed by atoms with E-state index < -0.39 is 0 Å². The number of likely N-dealkylation sites (N-methyl/N-ethyl adjacent to an activating group) is 1. The van der Waals surface area contributed by atoms with Gasteiger partial charge in [0.25, 0.3) is 5.91 Å². The van der Waals surface area contributed by atoms with Crippen molar-refractivity contribution >= 4 is 11.8 Å². The number of carbonyl (C=O) groups is 2. The molecule has 1 fully saturated rings. The molecule has 0 saturated carbocycles. The Bertz CT molecular complexity index is 573. The van der Waals surface area contributed by atoms with Crippen molar-refractivity contribution in [3.05, 3.63) is 35.6 Å². The maximum absolute atomic E-state index is 12.9. The van der Waals surface area contributed by atoms with E-state index in [1.54, 1.807) is 0 Å². The molecule has 1 N–H and O–H groups in total. The minimum absolute atomic E-state index is 0.165. The predicted octanol–water partition coefficient (Wildman–Crippen LogP) is 2.14. The van der Waals surface area contributed by atoms with Crippen LogP contribution in [-0.2, 0) is 4.79 Å². The predicted molar refractivity (Wildman–Crippen MR) is 95.8 cm³/mol. The van der Waals surface area contributed by atoms with Crippen LogP contribution in [0.5, 0.6) is 0 Å². The van der Waals surface area contributed by atoms with Crippen LogP contribution in [0.25, 0.3) is 0 Å². The quantitative estimate of drug-likeness (QED) is 0.820. The molecule has 25 heavy (non-hydrogen) atoms. The van der Waals surface area contributed by atoms with Gasteiger partial charge in [0.1, 0.15) is 5.82 Å². The standard InChI is InChI=1S/C19H28FN3O2/c1-3-22(4-2)14-18(24)23-11-5-6-15(13-23)12-21-19(25)16-7-9-17(20)10-8-16/h7-10,15H,3-6,11-14H2,1-2H3,(H,21,25)/t15-/m0/s1. The summed E-state index contributed by atoms with van der Waals surface area (Å²) in [6.45, 7) is 8.32. The molecule has 5 nitrogen and oxygen atoms in total. The van der Waals surface area contributed by atoms with Crippen molar-refractivity contribution in [2.24, 2.45) is 5.92 Å². The van der Waals surface area contributed by atoms with E-state index in [0.29, 0.717) is 25.2 Å². The van der Waals surface area contributed by atoms with Gasteiger partial charge in [0.05, 0.1) is 6.54 Å². The molecule has 1 aliphatic rings. The second-order valence-electron chi connectivity index (χ2n) is 6.53. The molecule has 0 spiro atoms. The molecule has 1 aromatic rings. The van der Waals surface area contributed by atoms with E-state index >= 15 is 0 Å². The van der Waals surface area contributed by atoms with E-state index in [1.807, 2.05) is 4.90 Å². The molecule has 1 saturated heterocycles. The van der Waals surface area contributed by atoms with Crippen molar-refractivity contribution in [3.8, 4) is 0 Å². The summed E-state index contributed by atoms with van der Waals surface area (Å²) in [5.41, 5.74) is 0.451. The van der Waals surface area contributed by atoms with Gasteiger partial charge in [-0.1, -0.05) is 13.8 Å². The molecule has 0 aliphatic carbocycles. The van der Waals surface area contributed by atoms with E-state index in [1.165, 1.54) is 24.3 Å². The monoisotopic (exact) mass is 349 g/mol. The summed E-state index contributed by atoms with van der Waals surface area (Å²) in [6, 6.07) is 5.52. The number of likely N-dealkylation sites (tertiary alicyclic amines) is 1. The van der Waals surface area contributed by atoms with Crippen LogP contribution in [0, 0.1) is 11.7 Å². The molecule has 1 atom stereocenters. The normalized spacial score (nSPS) is 17.6. The average Bonchev–Trinajstić information content (AvgIpc) is 2.64. The average molecular weight is 349 g/mol. The second-order valence-corrected chi connectivity index (χ2v) is 6.53. The molecule has 6 heteroatoms. The topological polar surface area (TPSA) is 52.7 Å². The van der Waals surface area contributed by atoms with E-state index in [-0.39, 0.29) is 23.5 Å². The van der Waals surface area contributed by atoms with Crippen LogP contribution in [0.15, 0.2) is 24.3 Å². The van der Waals surface area contributed by atoms with E-state index in [2.05, 4.69) is 24.1 Å². The van der Waals surface area contributed by atoms with E-state index in [9.17, 15) is 14.0 Å². The SMILES string of the molecule is CCN(CC)CC(=O)N1CCC[C@@H](CNC(=O)c2ccc(F)cc2)C1. The molecule has 0 radical (unpaired) electrons. The number of hydrogen-bond donors (Lipinski definition) is 1. The molecule has 0 unspecified atom stereocenters. The van der Waals surface area contributed by atoms with Crippen LogP contribution in [-0.4, -0.2) is 60.9 Å². The maximum atomic E-state index is 12.9. The third kappa shape index (κ3) is 5.81. The molecular formula is C19H28FN3O2. The Balaban J connectivity index is 1.81. The van der Waals surface area contributed by atoms with Crippen LogP contribution in [0.2, 0.25) is 0 Å². The Labute approximate surface area is 149 Å². The van der Waals surface area contributed by atoms with Crippen LogP contribution in [0.3, 0.4) is 0 Å². The molecule has 1 heterocycles. The fourth-order valence-corrected chi connectivity index (χ4v) is 3.14. The zero-order chi connectivity index (χ0) is 18.2. The summed E-state index contributed by atoms with van der Waals surface area (Å²) in [6.07, 6.45) is 1.96. The van der Waals surface area contributed by atoms with Gasteiger partial charge in [-0.15, -0.1) is 0 Å². The number of rotatable bonds is 7. The number of nitrogens with one attached hydrogen (secondary N) is 1. The van der Waals surface area contributed by atoms with Crippen LogP contribution < -0.4 is 5.32 Å². The number of benzene rings is 1. The highest BCUT2D eigenvalue weighted by atomic mass is 19.1. The highest BCUT2D eigenvalue weighted by Gasteiger charge is 2.24. The van der Waals surface area contributed by atoms with Gasteiger partial charge < -0.3 is 10.2 Å². The smallest absolute Gasteiger partial charge is 0.251 e. The third-order valence-electron chi connectivity index (χ3n) is 4.78. The number of halogens is 1. The van der Waals surface area contributed by atoms with Gasteiger partial charge in [0.15, 0.2) is 0 Å². The van der Waals surface area contributed by atoms with Gasteiger partial charge in [-0.05, 0) is 56.1 Å². The Kier molecular flexibility index (Phi) is 7.37. The minimum atomic E-state index is -0.355. The van der Waals surface area contributed by atoms with Crippen molar-refractivity contribution in [1.29, 1.82) is 0 Å². The lowest BCUT2D eigenvalue weighted by Gasteiger charge is -2.34. The van der Waals surface area contributed by atoms with Crippen LogP contribution in [0.1, 0.15) is 37.0 Å². The molecule has 1 aliphatic heterocycles. The summed E-state index contributed by atoms with van der Waals surface area (Å²) in [5, 5.41) is 2.90. The van der Waals surface area contributed by atoms with Gasteiger partial charge in [-0.2, -0.15) is 0 Å². The minimum Gasteiger partial charge on any atom is -0.352 e. The first-order chi connectivity index (χ1) is 12.0. The van der Waals surface area contributed by atoms with Crippen LogP contribution >= 0.6 is 0 Å². The van der Waals surface area contributed by atoms with Gasteiger partial charge in [0.2, 0.25) is 5.91 Å². The van der Waals surface area contributed by atoms with Crippen molar-refractivity contribution in [2.75, 3.05) is 39.3 Å². The van der Waals surface area contributed by atoms with Gasteiger partial charge in [0, 0.05) is 25.2 Å². The fraction of sp³-hybridized carbons (Fsp3) is 0.579. The molecule has 2 amide bonds. The Morgan fingerprint density at radius 2 is 1.92 bits per heavy atom. The summed E-state index contributed by atoms with van der Waals surface area (Å²) in [5.74, 6) is -0.130. The lowest BCUT2D eigenvalue weighted by atomic mass is 9.97. The Hall–Kier alpha value is -1.95. The lowest BCUT2D eigenvalue weighted by molar-refractivity contribution is -0.134. The molecule has 138 valence electrons. The fourth-order valence-electron chi connectivity index (χ4n) is 3.14. The summed E-state index contributed by atoms with van der Waals surface area (Å²) >= 11 is 0. The number of piperidine rings is 1. The molecule has 0 aromatic heterocycles. The van der Waals surface area contributed by atoms with Gasteiger partial charge >= 0.3 is 0 Å². The maximum Gasteiger partial charge on any atom is 0.251 e. The van der Waals surface area contributed by atoms with E-state index in [4.69, 9.17) is 0 Å². The first-order valence-corrected chi connectivity index (χ1v) is 9.07. The van der Waals surface area contributed by atoms with Crippen molar-refractivity contribution < 1.29 is 14.0 Å².